The molecule has 0 amide bonds. The van der Waals surface area contributed by atoms with E-state index in [0.29, 0.717) is 0 Å². The van der Waals surface area contributed by atoms with Gasteiger partial charge < -0.3 is 0 Å². The Labute approximate surface area is 58.9 Å². The van der Waals surface area contributed by atoms with Crippen LogP contribution in [0.5, 0.6) is 0 Å². The summed E-state index contributed by atoms with van der Waals surface area (Å²) in [7, 11) is 0. The lowest BCUT2D eigenvalue weighted by molar-refractivity contribution is 1.12. The minimum Gasteiger partial charge on any atom is -0.244 e. The second-order valence-electron chi connectivity index (χ2n) is 2.40. The normalized spacial score (nSPS) is 14.7. The van der Waals surface area contributed by atoms with Gasteiger partial charge in [-0.2, -0.15) is 0 Å². The highest BCUT2D eigenvalue weighted by Crippen LogP contribution is 2.21. The van der Waals surface area contributed by atoms with Gasteiger partial charge in [0.2, 0.25) is 0 Å². The fourth-order valence-corrected chi connectivity index (χ4v) is 1.07. The van der Waals surface area contributed by atoms with E-state index >= 15 is 0 Å². The first-order chi connectivity index (χ1) is 4.86. The molecule has 0 radical (unpaired) electrons. The summed E-state index contributed by atoms with van der Waals surface area (Å²) < 4.78 is 0. The average Bonchev–Trinajstić information content (AvgIpc) is 2.27. The number of hydrogen-bond acceptors (Lipinski definition) is 3. The van der Waals surface area contributed by atoms with Crippen molar-refractivity contribution in [3.8, 4) is 0 Å². The highest BCUT2D eigenvalue weighted by molar-refractivity contribution is 5.90. The monoisotopic (exact) mass is 133 g/mol. The van der Waals surface area contributed by atoms with Crippen LogP contribution in [0.4, 0.5) is 5.82 Å². The second-order valence-corrected chi connectivity index (χ2v) is 2.40. The Morgan fingerprint density at radius 1 is 1.50 bits per heavy atom. The van der Waals surface area contributed by atoms with Crippen LogP contribution in [0.1, 0.15) is 12.5 Å². The van der Waals surface area contributed by atoms with Crippen molar-refractivity contribution >= 4 is 11.5 Å². The van der Waals surface area contributed by atoms with E-state index in [9.17, 15) is 0 Å². The van der Waals surface area contributed by atoms with Crippen molar-refractivity contribution in [3.63, 3.8) is 0 Å². The maximum Gasteiger partial charge on any atom is 0.158 e. The van der Waals surface area contributed by atoms with Crippen molar-refractivity contribution in [3.05, 3.63) is 18.1 Å². The molecule has 50 valence electrons. The van der Waals surface area contributed by atoms with Crippen LogP contribution >= 0.6 is 0 Å². The zero-order valence-corrected chi connectivity index (χ0v) is 5.70. The van der Waals surface area contributed by atoms with Crippen molar-refractivity contribution in [2.45, 2.75) is 13.3 Å². The van der Waals surface area contributed by atoms with Crippen molar-refractivity contribution in [2.24, 2.45) is 4.99 Å². The van der Waals surface area contributed by atoms with Crippen LogP contribution in [0.15, 0.2) is 17.5 Å². The summed E-state index contributed by atoms with van der Waals surface area (Å²) in [5.74, 6) is 0.840. The third kappa shape index (κ3) is 0.708. The lowest BCUT2D eigenvalue weighted by Crippen LogP contribution is -1.89. The van der Waals surface area contributed by atoms with E-state index in [1.165, 1.54) is 6.33 Å². The van der Waals surface area contributed by atoms with E-state index in [1.807, 2.05) is 13.1 Å². The number of aromatic nitrogens is 2. The zero-order valence-electron chi connectivity index (χ0n) is 5.70. The molecule has 0 bridgehead atoms. The van der Waals surface area contributed by atoms with E-state index in [1.54, 1.807) is 0 Å². The third-order valence-corrected chi connectivity index (χ3v) is 1.51. The Balaban J connectivity index is 2.54. The molecule has 1 aliphatic rings. The molecule has 0 aliphatic carbocycles. The summed E-state index contributed by atoms with van der Waals surface area (Å²) >= 11 is 0. The van der Waals surface area contributed by atoms with Crippen molar-refractivity contribution in [1.82, 2.24) is 9.97 Å². The molecule has 1 aromatic heterocycles. The Kier molecular flexibility index (Phi) is 1.03. The molecule has 0 fully saturated rings. The van der Waals surface area contributed by atoms with Gasteiger partial charge >= 0.3 is 0 Å². The quantitative estimate of drug-likeness (QED) is 0.532. The minimum absolute atomic E-state index is 0.840. The molecule has 2 heterocycles. The van der Waals surface area contributed by atoms with E-state index < -0.39 is 0 Å². The maximum atomic E-state index is 4.22. The van der Waals surface area contributed by atoms with Gasteiger partial charge in [0.05, 0.1) is 0 Å². The topological polar surface area (TPSA) is 38.1 Å². The fourth-order valence-electron chi connectivity index (χ4n) is 1.07. The Hall–Kier alpha value is -1.25. The maximum absolute atomic E-state index is 4.22. The molecule has 0 atom stereocenters. The SMILES string of the molecule is CC1=Nc2ncncc2C1. The first-order valence-electron chi connectivity index (χ1n) is 3.19. The first kappa shape index (κ1) is 5.53. The first-order valence-corrected chi connectivity index (χ1v) is 3.19. The molecule has 1 aliphatic heterocycles. The number of rotatable bonds is 0. The molecule has 0 unspecified atom stereocenters. The zero-order chi connectivity index (χ0) is 6.97. The number of fused-ring (bicyclic) bond motifs is 1. The van der Waals surface area contributed by atoms with Crippen LogP contribution in [-0.4, -0.2) is 15.7 Å². The van der Waals surface area contributed by atoms with Crippen LogP contribution in [0.25, 0.3) is 0 Å². The molecule has 10 heavy (non-hydrogen) atoms. The molecule has 0 aromatic carbocycles. The van der Waals surface area contributed by atoms with Crippen molar-refractivity contribution in [2.75, 3.05) is 0 Å². The molecule has 0 N–H and O–H groups in total. The van der Waals surface area contributed by atoms with E-state index in [0.717, 1.165) is 23.5 Å². The molecule has 3 nitrogen and oxygen atoms in total. The largest absolute Gasteiger partial charge is 0.244 e. The molecular weight excluding hydrogens is 126 g/mol. The molecule has 2 rings (SSSR count). The summed E-state index contributed by atoms with van der Waals surface area (Å²) in [5, 5.41) is 0. The van der Waals surface area contributed by atoms with Gasteiger partial charge in [0, 0.05) is 23.9 Å². The van der Waals surface area contributed by atoms with Crippen LogP contribution in [0.2, 0.25) is 0 Å². The van der Waals surface area contributed by atoms with E-state index in [2.05, 4.69) is 15.0 Å². The van der Waals surface area contributed by atoms with Gasteiger partial charge in [-0.25, -0.2) is 15.0 Å². The van der Waals surface area contributed by atoms with Gasteiger partial charge in [0.1, 0.15) is 6.33 Å². The standard InChI is InChI=1S/C7H7N3/c1-5-2-6-3-8-4-9-7(6)10-5/h3-4H,2H2,1H3. The van der Waals surface area contributed by atoms with Crippen molar-refractivity contribution < 1.29 is 0 Å². The number of aliphatic imine (C=N–C) groups is 1. The highest BCUT2D eigenvalue weighted by Gasteiger charge is 2.10. The molecule has 3 heteroatoms. The minimum atomic E-state index is 0.840. The average molecular weight is 133 g/mol. The molecule has 0 spiro atoms. The van der Waals surface area contributed by atoms with Crippen LogP contribution in [0.3, 0.4) is 0 Å². The lowest BCUT2D eigenvalue weighted by Gasteiger charge is -1.89. The summed E-state index contributed by atoms with van der Waals surface area (Å²) in [4.78, 5) is 12.1. The van der Waals surface area contributed by atoms with Crippen LogP contribution in [0, 0.1) is 0 Å². The lowest BCUT2D eigenvalue weighted by atomic mass is 10.2. The van der Waals surface area contributed by atoms with Gasteiger partial charge in [-0.05, 0) is 6.92 Å². The highest BCUT2D eigenvalue weighted by atomic mass is 15.0. The van der Waals surface area contributed by atoms with Gasteiger partial charge in [-0.3, -0.25) is 0 Å². The van der Waals surface area contributed by atoms with E-state index in [4.69, 9.17) is 0 Å². The summed E-state index contributed by atoms with van der Waals surface area (Å²) in [6.07, 6.45) is 4.26. The van der Waals surface area contributed by atoms with Crippen molar-refractivity contribution in [1.29, 1.82) is 0 Å². The van der Waals surface area contributed by atoms with Crippen LogP contribution in [-0.2, 0) is 6.42 Å². The van der Waals surface area contributed by atoms with Gasteiger partial charge in [-0.15, -0.1) is 0 Å². The fraction of sp³-hybridized carbons (Fsp3) is 0.286. The molecule has 1 aromatic rings. The van der Waals surface area contributed by atoms with Gasteiger partial charge in [0.15, 0.2) is 5.82 Å². The van der Waals surface area contributed by atoms with Gasteiger partial charge in [-0.1, -0.05) is 0 Å². The smallest absolute Gasteiger partial charge is 0.158 e. The van der Waals surface area contributed by atoms with E-state index in [-0.39, 0.29) is 0 Å². The molecule has 0 saturated carbocycles. The van der Waals surface area contributed by atoms with Crippen LogP contribution < -0.4 is 0 Å². The summed E-state index contributed by atoms with van der Waals surface area (Å²) in [6.45, 7) is 2.00. The predicted molar refractivity (Wildman–Crippen MR) is 38.5 cm³/mol. The Bertz CT molecular complexity index is 291. The molecular formula is C7H7N3. The third-order valence-electron chi connectivity index (χ3n) is 1.51. The summed E-state index contributed by atoms with van der Waals surface area (Å²) in [6, 6.07) is 0. The second kappa shape index (κ2) is 1.87. The predicted octanol–water partition coefficient (Wildman–Crippen LogP) is 1.13. The molecule has 0 saturated heterocycles. The number of hydrogen-bond donors (Lipinski definition) is 0. The Morgan fingerprint density at radius 2 is 2.40 bits per heavy atom. The Morgan fingerprint density at radius 3 is 3.20 bits per heavy atom. The summed E-state index contributed by atoms with van der Waals surface area (Å²) in [5.41, 5.74) is 2.26. The van der Waals surface area contributed by atoms with Gasteiger partial charge in [0.25, 0.3) is 0 Å². The number of nitrogens with zero attached hydrogens (tertiary/aromatic N) is 3.